The fourth-order valence-corrected chi connectivity index (χ4v) is 3.17. The highest BCUT2D eigenvalue weighted by Gasteiger charge is 2.31. The van der Waals surface area contributed by atoms with E-state index in [4.69, 9.17) is 0 Å². The van der Waals surface area contributed by atoms with Crippen molar-refractivity contribution in [3.05, 3.63) is 35.9 Å². The van der Waals surface area contributed by atoms with Crippen LogP contribution in [0.4, 0.5) is 0 Å². The molecule has 1 aromatic rings. The minimum Gasteiger partial charge on any atom is -0.351 e. The van der Waals surface area contributed by atoms with E-state index in [1.54, 1.807) is 0 Å². The smallest absolute Gasteiger partial charge is 0.238 e. The highest BCUT2D eigenvalue weighted by molar-refractivity contribution is 7.92. The number of nitrogens with one attached hydrogen (secondary N) is 1. The normalized spacial score (nSPS) is 22.2. The topological polar surface area (TPSA) is 66.5 Å². The predicted octanol–water partition coefficient (Wildman–Crippen LogP) is 1.37. The maximum atomic E-state index is 12.0. The molecular weight excluding hydrogens is 300 g/mol. The Balaban J connectivity index is 1.92. The largest absolute Gasteiger partial charge is 0.351 e. The summed E-state index contributed by atoms with van der Waals surface area (Å²) in [7, 11) is -3.34. The molecule has 1 fully saturated rings. The Labute approximate surface area is 132 Å². The van der Waals surface area contributed by atoms with Gasteiger partial charge in [0, 0.05) is 31.4 Å². The fraction of sp³-hybridized carbons (Fsp3) is 0.562. The van der Waals surface area contributed by atoms with E-state index in [1.807, 2.05) is 18.2 Å². The lowest BCUT2D eigenvalue weighted by Gasteiger charge is -2.25. The number of hydrogen-bond donors (Lipinski definition) is 1. The zero-order valence-corrected chi connectivity index (χ0v) is 14.1. The SMILES string of the molecule is C[C@H](c1ccccc1)N1CC[C@@H](NC(=O)[C@H](C)S(C)(=O)=O)C1. The number of sulfone groups is 1. The standard InChI is InChI=1S/C16H24N2O3S/c1-12(14-7-5-4-6-8-14)18-10-9-15(11-18)17-16(19)13(2)22(3,20)21/h4-8,12-13,15H,9-11H2,1-3H3,(H,17,19)/t12-,13+,15-/m1/s1. The average molecular weight is 324 g/mol. The summed E-state index contributed by atoms with van der Waals surface area (Å²) in [5.74, 6) is -0.401. The number of likely N-dealkylation sites (tertiary alicyclic amines) is 1. The van der Waals surface area contributed by atoms with Crippen molar-refractivity contribution in [1.29, 1.82) is 0 Å². The highest BCUT2D eigenvalue weighted by atomic mass is 32.2. The second kappa shape index (κ2) is 6.79. The molecule has 122 valence electrons. The van der Waals surface area contributed by atoms with Crippen molar-refractivity contribution >= 4 is 15.7 Å². The summed E-state index contributed by atoms with van der Waals surface area (Å²) in [4.78, 5) is 14.3. The number of nitrogens with zero attached hydrogens (tertiary/aromatic N) is 1. The maximum Gasteiger partial charge on any atom is 0.238 e. The molecule has 22 heavy (non-hydrogen) atoms. The third-order valence-corrected chi connectivity index (χ3v) is 5.91. The fourth-order valence-electron chi connectivity index (χ4n) is 2.71. The zero-order valence-electron chi connectivity index (χ0n) is 13.3. The van der Waals surface area contributed by atoms with Gasteiger partial charge in [-0.1, -0.05) is 30.3 Å². The molecule has 0 bridgehead atoms. The molecule has 3 atom stereocenters. The molecule has 0 aliphatic carbocycles. The maximum absolute atomic E-state index is 12.0. The van der Waals surface area contributed by atoms with Crippen LogP contribution in [0, 0.1) is 0 Å². The van der Waals surface area contributed by atoms with E-state index in [-0.39, 0.29) is 12.1 Å². The molecule has 0 saturated carbocycles. The molecule has 1 amide bonds. The van der Waals surface area contributed by atoms with Gasteiger partial charge in [0.15, 0.2) is 9.84 Å². The van der Waals surface area contributed by atoms with Crippen molar-refractivity contribution in [1.82, 2.24) is 10.2 Å². The van der Waals surface area contributed by atoms with Crippen molar-refractivity contribution in [2.75, 3.05) is 19.3 Å². The first kappa shape index (κ1) is 17.0. The molecule has 2 rings (SSSR count). The van der Waals surface area contributed by atoms with Crippen LogP contribution in [0.1, 0.15) is 31.9 Å². The number of hydrogen-bond acceptors (Lipinski definition) is 4. The van der Waals surface area contributed by atoms with E-state index >= 15 is 0 Å². The van der Waals surface area contributed by atoms with E-state index in [0.29, 0.717) is 0 Å². The van der Waals surface area contributed by atoms with Gasteiger partial charge in [-0.25, -0.2) is 8.42 Å². The molecule has 0 unspecified atom stereocenters. The molecular formula is C16H24N2O3S. The van der Waals surface area contributed by atoms with Gasteiger partial charge in [-0.3, -0.25) is 9.69 Å². The van der Waals surface area contributed by atoms with Gasteiger partial charge in [0.2, 0.25) is 5.91 Å². The molecule has 0 spiro atoms. The molecule has 1 aliphatic heterocycles. The summed E-state index contributed by atoms with van der Waals surface area (Å²) < 4.78 is 22.9. The van der Waals surface area contributed by atoms with Crippen molar-refractivity contribution in [3.8, 4) is 0 Å². The predicted molar refractivity (Wildman–Crippen MR) is 87.3 cm³/mol. The van der Waals surface area contributed by atoms with Gasteiger partial charge in [0.25, 0.3) is 0 Å². The first-order chi connectivity index (χ1) is 10.3. The summed E-state index contributed by atoms with van der Waals surface area (Å²) in [5.41, 5.74) is 1.25. The highest BCUT2D eigenvalue weighted by Crippen LogP contribution is 2.24. The van der Waals surface area contributed by atoms with E-state index in [2.05, 4.69) is 29.3 Å². The Kier molecular flexibility index (Phi) is 5.24. The van der Waals surface area contributed by atoms with Crippen LogP contribution >= 0.6 is 0 Å². The van der Waals surface area contributed by atoms with Gasteiger partial charge in [-0.2, -0.15) is 0 Å². The number of carbonyl (C=O) groups excluding carboxylic acids is 1. The molecule has 1 aromatic carbocycles. The van der Waals surface area contributed by atoms with Crippen LogP contribution in [-0.4, -0.2) is 49.9 Å². The lowest BCUT2D eigenvalue weighted by Crippen LogP contribution is -2.44. The number of amides is 1. The van der Waals surface area contributed by atoms with E-state index < -0.39 is 21.0 Å². The minimum absolute atomic E-state index is 0.0165. The van der Waals surface area contributed by atoms with Gasteiger partial charge in [-0.15, -0.1) is 0 Å². The molecule has 1 saturated heterocycles. The molecule has 5 nitrogen and oxygen atoms in total. The molecule has 0 radical (unpaired) electrons. The first-order valence-electron chi connectivity index (χ1n) is 7.57. The average Bonchev–Trinajstić information content (AvgIpc) is 2.94. The Morgan fingerprint density at radius 1 is 1.27 bits per heavy atom. The Morgan fingerprint density at radius 3 is 2.50 bits per heavy atom. The molecule has 1 N–H and O–H groups in total. The lowest BCUT2D eigenvalue weighted by atomic mass is 10.1. The summed E-state index contributed by atoms with van der Waals surface area (Å²) in [6.45, 7) is 5.23. The quantitative estimate of drug-likeness (QED) is 0.888. The van der Waals surface area contributed by atoms with Gasteiger partial charge in [0.1, 0.15) is 5.25 Å². The zero-order chi connectivity index (χ0) is 16.3. The number of rotatable bonds is 5. The van der Waals surface area contributed by atoms with Crippen molar-refractivity contribution in [2.24, 2.45) is 0 Å². The van der Waals surface area contributed by atoms with Crippen LogP contribution in [0.3, 0.4) is 0 Å². The molecule has 1 heterocycles. The second-order valence-corrected chi connectivity index (χ2v) is 8.41. The molecule has 0 aromatic heterocycles. The van der Waals surface area contributed by atoms with Gasteiger partial charge in [-0.05, 0) is 25.8 Å². The Morgan fingerprint density at radius 2 is 1.91 bits per heavy atom. The van der Waals surface area contributed by atoms with Crippen molar-refractivity contribution in [2.45, 2.75) is 37.6 Å². The van der Waals surface area contributed by atoms with E-state index in [1.165, 1.54) is 12.5 Å². The minimum atomic E-state index is -3.34. The summed E-state index contributed by atoms with van der Waals surface area (Å²) >= 11 is 0. The Hall–Kier alpha value is -1.40. The van der Waals surface area contributed by atoms with Gasteiger partial charge in [0.05, 0.1) is 0 Å². The van der Waals surface area contributed by atoms with Gasteiger partial charge < -0.3 is 5.32 Å². The van der Waals surface area contributed by atoms with Crippen LogP contribution in [0.15, 0.2) is 30.3 Å². The van der Waals surface area contributed by atoms with Crippen LogP contribution in [0.25, 0.3) is 0 Å². The van der Waals surface area contributed by atoms with Crippen molar-refractivity contribution < 1.29 is 13.2 Å². The summed E-state index contributed by atoms with van der Waals surface area (Å²) in [6.07, 6.45) is 1.94. The second-order valence-electron chi connectivity index (χ2n) is 6.05. The summed E-state index contributed by atoms with van der Waals surface area (Å²) in [5, 5.41) is 1.87. The Bertz CT molecular complexity index is 616. The van der Waals surface area contributed by atoms with Crippen LogP contribution in [0.2, 0.25) is 0 Å². The summed E-state index contributed by atoms with van der Waals surface area (Å²) in [6, 6.07) is 10.5. The molecule has 6 heteroatoms. The number of benzene rings is 1. The van der Waals surface area contributed by atoms with Crippen LogP contribution in [-0.2, 0) is 14.6 Å². The number of carbonyl (C=O) groups is 1. The van der Waals surface area contributed by atoms with E-state index in [9.17, 15) is 13.2 Å². The van der Waals surface area contributed by atoms with Crippen molar-refractivity contribution in [3.63, 3.8) is 0 Å². The molecule has 1 aliphatic rings. The van der Waals surface area contributed by atoms with Crippen LogP contribution in [0.5, 0.6) is 0 Å². The lowest BCUT2D eigenvalue weighted by molar-refractivity contribution is -0.121. The third-order valence-electron chi connectivity index (χ3n) is 4.41. The van der Waals surface area contributed by atoms with E-state index in [0.717, 1.165) is 25.8 Å². The monoisotopic (exact) mass is 324 g/mol. The van der Waals surface area contributed by atoms with Gasteiger partial charge >= 0.3 is 0 Å². The first-order valence-corrected chi connectivity index (χ1v) is 9.52. The van der Waals surface area contributed by atoms with Crippen LogP contribution < -0.4 is 5.32 Å². The third kappa shape index (κ3) is 4.08.